The zero-order valence-electron chi connectivity index (χ0n) is 15.3. The zero-order valence-corrected chi connectivity index (χ0v) is 16.1. The first-order valence-electron chi connectivity index (χ1n) is 8.85. The molecule has 0 N–H and O–H groups in total. The second kappa shape index (κ2) is 8.12. The molecule has 4 aromatic rings. The van der Waals surface area contributed by atoms with Crippen LogP contribution in [0.1, 0.15) is 16.7 Å². The number of aromatic nitrogens is 2. The molecule has 1 aromatic heterocycles. The molecule has 0 aliphatic heterocycles. The predicted octanol–water partition coefficient (Wildman–Crippen LogP) is 5.88. The molecule has 136 valence electrons. The third-order valence-corrected chi connectivity index (χ3v) is 5.27. The Morgan fingerprint density at radius 2 is 1.61 bits per heavy atom. The summed E-state index contributed by atoms with van der Waals surface area (Å²) in [6, 6.07) is 26.1. The highest BCUT2D eigenvalue weighted by molar-refractivity contribution is 7.98. The van der Waals surface area contributed by atoms with Crippen LogP contribution in [-0.4, -0.2) is 10.2 Å². The van der Waals surface area contributed by atoms with E-state index in [4.69, 9.17) is 4.42 Å². The molecule has 1 heterocycles. The number of aryl methyl sites for hydroxylation is 1. The average molecular weight is 383 g/mol. The third-order valence-electron chi connectivity index (χ3n) is 4.38. The third kappa shape index (κ3) is 3.98. The van der Waals surface area contributed by atoms with Gasteiger partial charge in [0, 0.05) is 11.3 Å². The van der Waals surface area contributed by atoms with E-state index in [1.165, 1.54) is 17.3 Å². The molecule has 0 saturated carbocycles. The lowest BCUT2D eigenvalue weighted by Crippen LogP contribution is -1.85. The molecule has 0 fully saturated rings. The lowest BCUT2D eigenvalue weighted by molar-refractivity contribution is 0.466. The fourth-order valence-electron chi connectivity index (χ4n) is 2.84. The normalized spacial score (nSPS) is 10.6. The molecule has 5 heteroatoms. The Labute approximate surface area is 167 Å². The van der Waals surface area contributed by atoms with Crippen LogP contribution >= 0.6 is 11.8 Å². The minimum Gasteiger partial charge on any atom is -0.411 e. The molecule has 0 unspecified atom stereocenters. The van der Waals surface area contributed by atoms with Gasteiger partial charge in [0.25, 0.3) is 5.22 Å². The summed E-state index contributed by atoms with van der Waals surface area (Å²) in [6.07, 6.45) is 0. The molecule has 0 spiro atoms. The Hall–Kier alpha value is -3.36. The predicted molar refractivity (Wildman–Crippen MR) is 111 cm³/mol. The van der Waals surface area contributed by atoms with Crippen molar-refractivity contribution in [3.8, 4) is 28.7 Å². The van der Waals surface area contributed by atoms with E-state index in [1.807, 2.05) is 67.6 Å². The summed E-state index contributed by atoms with van der Waals surface area (Å²) in [7, 11) is 0. The van der Waals surface area contributed by atoms with Crippen molar-refractivity contribution in [1.82, 2.24) is 10.2 Å². The summed E-state index contributed by atoms with van der Waals surface area (Å²) < 4.78 is 5.76. The van der Waals surface area contributed by atoms with E-state index >= 15 is 0 Å². The first-order chi connectivity index (χ1) is 13.7. The van der Waals surface area contributed by atoms with Crippen LogP contribution in [0, 0.1) is 18.3 Å². The lowest BCUT2D eigenvalue weighted by atomic mass is 10.00. The van der Waals surface area contributed by atoms with Crippen molar-refractivity contribution in [3.05, 3.63) is 89.5 Å². The number of hydrogen-bond acceptors (Lipinski definition) is 5. The van der Waals surface area contributed by atoms with Gasteiger partial charge in [0.1, 0.15) is 0 Å². The molecule has 3 aromatic carbocycles. The van der Waals surface area contributed by atoms with Gasteiger partial charge in [-0.1, -0.05) is 71.9 Å². The van der Waals surface area contributed by atoms with E-state index < -0.39 is 0 Å². The van der Waals surface area contributed by atoms with Gasteiger partial charge in [-0.05, 0) is 41.8 Å². The van der Waals surface area contributed by atoms with Crippen LogP contribution in [-0.2, 0) is 5.75 Å². The highest BCUT2D eigenvalue weighted by Crippen LogP contribution is 2.28. The monoisotopic (exact) mass is 383 g/mol. The molecular weight excluding hydrogens is 366 g/mol. The van der Waals surface area contributed by atoms with Gasteiger partial charge >= 0.3 is 0 Å². The first-order valence-corrected chi connectivity index (χ1v) is 9.83. The number of nitrogens with zero attached hydrogens (tertiary/aromatic N) is 3. The standard InChI is InChI=1S/C23H17N3OS/c1-16-6-10-19(11-7-16)22-25-26-23(27-22)28-15-17-8-12-18(13-9-17)21-5-3-2-4-20(21)14-24/h2-13H,15H2,1H3. The molecule has 0 radical (unpaired) electrons. The molecule has 28 heavy (non-hydrogen) atoms. The van der Waals surface area contributed by atoms with Gasteiger partial charge in [-0.25, -0.2) is 0 Å². The van der Waals surface area contributed by atoms with Gasteiger partial charge in [0.15, 0.2) is 0 Å². The van der Waals surface area contributed by atoms with Gasteiger partial charge in [0.2, 0.25) is 5.89 Å². The maximum Gasteiger partial charge on any atom is 0.277 e. The molecule has 4 rings (SSSR count). The van der Waals surface area contributed by atoms with Gasteiger partial charge in [-0.3, -0.25) is 0 Å². The second-order valence-electron chi connectivity index (χ2n) is 6.38. The number of nitriles is 1. The quantitative estimate of drug-likeness (QED) is 0.403. The highest BCUT2D eigenvalue weighted by Gasteiger charge is 2.09. The number of hydrogen-bond donors (Lipinski definition) is 0. The summed E-state index contributed by atoms with van der Waals surface area (Å²) in [5.41, 5.74) is 5.93. The Bertz CT molecular complexity index is 1130. The fraction of sp³-hybridized carbons (Fsp3) is 0.0870. The average Bonchev–Trinajstić information content (AvgIpc) is 3.22. The van der Waals surface area contributed by atoms with Gasteiger partial charge in [0.05, 0.1) is 11.6 Å². The molecule has 0 amide bonds. The van der Waals surface area contributed by atoms with Crippen LogP contribution in [0.5, 0.6) is 0 Å². The summed E-state index contributed by atoms with van der Waals surface area (Å²) in [5.74, 6) is 1.27. The van der Waals surface area contributed by atoms with Crippen LogP contribution in [0.25, 0.3) is 22.6 Å². The van der Waals surface area contributed by atoms with Crippen LogP contribution in [0.3, 0.4) is 0 Å². The van der Waals surface area contributed by atoms with Gasteiger partial charge in [-0.2, -0.15) is 5.26 Å². The molecule has 0 aliphatic carbocycles. The summed E-state index contributed by atoms with van der Waals surface area (Å²) in [5, 5.41) is 18.1. The number of thioether (sulfide) groups is 1. The number of benzene rings is 3. The van der Waals surface area contributed by atoms with Crippen molar-refractivity contribution >= 4 is 11.8 Å². The summed E-state index contributed by atoms with van der Waals surface area (Å²) >= 11 is 1.51. The van der Waals surface area contributed by atoms with E-state index in [1.54, 1.807) is 0 Å². The fourth-order valence-corrected chi connectivity index (χ4v) is 3.56. The topological polar surface area (TPSA) is 62.7 Å². The summed E-state index contributed by atoms with van der Waals surface area (Å²) in [6.45, 7) is 2.04. The van der Waals surface area contributed by atoms with Crippen molar-refractivity contribution in [2.24, 2.45) is 0 Å². The maximum absolute atomic E-state index is 9.27. The van der Waals surface area contributed by atoms with Crippen LogP contribution in [0.2, 0.25) is 0 Å². The van der Waals surface area contributed by atoms with Crippen molar-refractivity contribution in [3.63, 3.8) is 0 Å². The number of rotatable bonds is 5. The van der Waals surface area contributed by atoms with E-state index in [0.717, 1.165) is 28.0 Å². The Balaban J connectivity index is 1.43. The molecule has 0 bridgehead atoms. The SMILES string of the molecule is Cc1ccc(-c2nnc(SCc3ccc(-c4ccccc4C#N)cc3)o2)cc1. The lowest BCUT2D eigenvalue weighted by Gasteiger charge is -2.05. The van der Waals surface area contributed by atoms with Gasteiger partial charge < -0.3 is 4.42 Å². The van der Waals surface area contributed by atoms with Crippen molar-refractivity contribution < 1.29 is 4.42 Å². The van der Waals surface area contributed by atoms with Crippen LogP contribution in [0.15, 0.2) is 82.4 Å². The van der Waals surface area contributed by atoms with E-state index in [-0.39, 0.29) is 0 Å². The molecule has 0 aliphatic rings. The zero-order chi connectivity index (χ0) is 19.3. The Kier molecular flexibility index (Phi) is 5.22. The molecule has 0 atom stereocenters. The van der Waals surface area contributed by atoms with Gasteiger partial charge in [-0.15, -0.1) is 10.2 Å². The minimum absolute atomic E-state index is 0.533. The Morgan fingerprint density at radius 3 is 2.36 bits per heavy atom. The minimum atomic E-state index is 0.533. The van der Waals surface area contributed by atoms with Crippen LogP contribution < -0.4 is 0 Å². The van der Waals surface area contributed by atoms with Crippen LogP contribution in [0.4, 0.5) is 0 Å². The largest absolute Gasteiger partial charge is 0.411 e. The summed E-state index contributed by atoms with van der Waals surface area (Å²) in [4.78, 5) is 0. The van der Waals surface area contributed by atoms with E-state index in [2.05, 4.69) is 28.4 Å². The maximum atomic E-state index is 9.27. The molecular formula is C23H17N3OS. The molecule has 0 saturated heterocycles. The smallest absolute Gasteiger partial charge is 0.277 e. The van der Waals surface area contributed by atoms with Crippen molar-refractivity contribution in [2.75, 3.05) is 0 Å². The van der Waals surface area contributed by atoms with Crippen molar-refractivity contribution in [1.29, 1.82) is 5.26 Å². The first kappa shape index (κ1) is 18.0. The Morgan fingerprint density at radius 1 is 0.893 bits per heavy atom. The molecule has 4 nitrogen and oxygen atoms in total. The highest BCUT2D eigenvalue weighted by atomic mass is 32.2. The van der Waals surface area contributed by atoms with E-state index in [9.17, 15) is 5.26 Å². The van der Waals surface area contributed by atoms with Crippen molar-refractivity contribution in [2.45, 2.75) is 17.9 Å². The second-order valence-corrected chi connectivity index (χ2v) is 7.31. The van der Waals surface area contributed by atoms with E-state index in [0.29, 0.717) is 16.7 Å².